The van der Waals surface area contributed by atoms with E-state index in [-0.39, 0.29) is 10.0 Å². The van der Waals surface area contributed by atoms with Crippen LogP contribution < -0.4 is 5.32 Å². The highest BCUT2D eigenvalue weighted by atomic mass is 79.9. The van der Waals surface area contributed by atoms with Gasteiger partial charge in [0.2, 0.25) is 0 Å². The number of hydrogen-bond donors (Lipinski definition) is 1. The number of rotatable bonds is 3. The lowest BCUT2D eigenvalue weighted by Gasteiger charge is -2.05. The fourth-order valence-corrected chi connectivity index (χ4v) is 3.61. The van der Waals surface area contributed by atoms with Crippen molar-refractivity contribution >= 4 is 38.3 Å². The normalized spacial score (nSPS) is 11.4. The molecule has 3 rings (SSSR count). The molecule has 1 N–H and O–H groups in total. The maximum Gasteiger partial charge on any atom is 0.434 e. The van der Waals surface area contributed by atoms with Crippen LogP contribution >= 0.6 is 27.3 Å². The zero-order valence-electron chi connectivity index (χ0n) is 12.5. The molecule has 0 unspecified atom stereocenters. The van der Waals surface area contributed by atoms with Crippen LogP contribution in [0, 0.1) is 0 Å². The second-order valence-electron chi connectivity index (χ2n) is 4.99. The van der Waals surface area contributed by atoms with E-state index >= 15 is 0 Å². The number of carbonyl (C=O) groups excluding carboxylic acids is 1. The summed E-state index contributed by atoms with van der Waals surface area (Å²) in [6.45, 7) is 0. The molecule has 0 aliphatic carbocycles. The molecule has 0 atom stereocenters. The highest BCUT2D eigenvalue weighted by Crippen LogP contribution is 2.42. The maximum absolute atomic E-state index is 13.3. The number of anilines is 1. The van der Waals surface area contributed by atoms with Gasteiger partial charge in [-0.15, -0.1) is 0 Å². The van der Waals surface area contributed by atoms with Gasteiger partial charge in [-0.25, -0.2) is 4.98 Å². The molecule has 3 nitrogen and oxygen atoms in total. The number of halogens is 4. The average molecular weight is 427 g/mol. The van der Waals surface area contributed by atoms with Gasteiger partial charge in [-0.1, -0.05) is 53.8 Å². The largest absolute Gasteiger partial charge is 0.434 e. The van der Waals surface area contributed by atoms with Crippen molar-refractivity contribution in [2.75, 3.05) is 5.32 Å². The molecule has 1 amide bonds. The lowest BCUT2D eigenvalue weighted by Crippen LogP contribution is -2.13. The second-order valence-corrected chi connectivity index (χ2v) is 6.85. The molecular weight excluding hydrogens is 417 g/mol. The first kappa shape index (κ1) is 17.6. The Kier molecular flexibility index (Phi) is 4.91. The van der Waals surface area contributed by atoms with Crippen LogP contribution in [-0.2, 0) is 6.18 Å². The third-order valence-corrected chi connectivity index (χ3v) is 4.98. The molecule has 25 heavy (non-hydrogen) atoms. The van der Waals surface area contributed by atoms with Gasteiger partial charge in [-0.2, -0.15) is 13.2 Å². The topological polar surface area (TPSA) is 42.0 Å². The number of carbonyl (C=O) groups is 1. The molecule has 2 aromatic carbocycles. The highest BCUT2D eigenvalue weighted by Gasteiger charge is 2.38. The number of nitrogens with one attached hydrogen (secondary N) is 1. The van der Waals surface area contributed by atoms with E-state index in [4.69, 9.17) is 0 Å². The number of nitrogens with zero attached hydrogens (tertiary/aromatic N) is 1. The summed E-state index contributed by atoms with van der Waals surface area (Å²) in [7, 11) is 0. The molecule has 0 saturated carbocycles. The van der Waals surface area contributed by atoms with Crippen LogP contribution in [0.1, 0.15) is 16.1 Å². The van der Waals surface area contributed by atoms with Crippen molar-refractivity contribution in [1.82, 2.24) is 4.98 Å². The van der Waals surface area contributed by atoms with Gasteiger partial charge in [-0.05, 0) is 33.6 Å². The van der Waals surface area contributed by atoms with Gasteiger partial charge in [-0.3, -0.25) is 10.1 Å². The minimum atomic E-state index is -4.61. The Morgan fingerprint density at radius 3 is 2.32 bits per heavy atom. The lowest BCUT2D eigenvalue weighted by atomic mass is 10.1. The first-order chi connectivity index (χ1) is 11.9. The summed E-state index contributed by atoms with van der Waals surface area (Å²) < 4.78 is 40.4. The first-order valence-electron chi connectivity index (χ1n) is 7.05. The van der Waals surface area contributed by atoms with E-state index < -0.39 is 17.8 Å². The Bertz CT molecular complexity index is 910. The predicted molar refractivity (Wildman–Crippen MR) is 94.6 cm³/mol. The predicted octanol–water partition coefficient (Wildman–Crippen LogP) is 5.84. The molecule has 0 aliphatic rings. The van der Waals surface area contributed by atoms with Gasteiger partial charge in [0.25, 0.3) is 5.91 Å². The van der Waals surface area contributed by atoms with E-state index in [2.05, 4.69) is 26.2 Å². The smallest absolute Gasteiger partial charge is 0.298 e. The van der Waals surface area contributed by atoms with Crippen LogP contribution in [0.2, 0.25) is 0 Å². The lowest BCUT2D eigenvalue weighted by molar-refractivity contribution is -0.140. The number of thiazole rings is 1. The quantitative estimate of drug-likeness (QED) is 0.571. The van der Waals surface area contributed by atoms with Crippen molar-refractivity contribution in [2.24, 2.45) is 0 Å². The SMILES string of the molecule is O=C(Nc1nc(C(F)(F)F)c(-c2ccccc2)s1)c1ccccc1Br. The molecule has 8 heteroatoms. The van der Waals surface area contributed by atoms with Crippen molar-refractivity contribution in [2.45, 2.75) is 6.18 Å². The summed E-state index contributed by atoms with van der Waals surface area (Å²) >= 11 is 4.03. The molecule has 0 fully saturated rings. The molecule has 0 bridgehead atoms. The third-order valence-electron chi connectivity index (χ3n) is 3.27. The summed E-state index contributed by atoms with van der Waals surface area (Å²) in [6.07, 6.45) is -4.61. The molecule has 3 aromatic rings. The third kappa shape index (κ3) is 3.91. The Labute approximate surface area is 153 Å². The summed E-state index contributed by atoms with van der Waals surface area (Å²) in [5.74, 6) is -0.533. The number of benzene rings is 2. The molecule has 0 aliphatic heterocycles. The van der Waals surface area contributed by atoms with Crippen molar-refractivity contribution in [3.8, 4) is 10.4 Å². The van der Waals surface area contributed by atoms with Crippen molar-refractivity contribution in [1.29, 1.82) is 0 Å². The number of aromatic nitrogens is 1. The number of hydrogen-bond acceptors (Lipinski definition) is 3. The van der Waals surface area contributed by atoms with E-state index in [0.717, 1.165) is 11.3 Å². The van der Waals surface area contributed by atoms with E-state index in [1.54, 1.807) is 54.6 Å². The van der Waals surface area contributed by atoms with Crippen LogP contribution in [0.5, 0.6) is 0 Å². The summed E-state index contributed by atoms with van der Waals surface area (Å²) in [6, 6.07) is 14.8. The average Bonchev–Trinajstić information content (AvgIpc) is 3.00. The maximum atomic E-state index is 13.3. The Hall–Kier alpha value is -2.19. The van der Waals surface area contributed by atoms with Crippen molar-refractivity contribution in [3.05, 3.63) is 70.3 Å². The van der Waals surface area contributed by atoms with Gasteiger partial charge in [0.05, 0.1) is 10.4 Å². The van der Waals surface area contributed by atoms with Gasteiger partial charge >= 0.3 is 6.18 Å². The minimum Gasteiger partial charge on any atom is -0.298 e. The van der Waals surface area contributed by atoms with Crippen LogP contribution in [-0.4, -0.2) is 10.9 Å². The summed E-state index contributed by atoms with van der Waals surface area (Å²) in [4.78, 5) is 15.9. The Morgan fingerprint density at radius 1 is 1.04 bits per heavy atom. The fourth-order valence-electron chi connectivity index (χ4n) is 2.16. The first-order valence-corrected chi connectivity index (χ1v) is 8.66. The molecule has 1 heterocycles. The van der Waals surface area contributed by atoms with E-state index in [1.165, 1.54) is 0 Å². The molecule has 0 radical (unpaired) electrons. The summed E-state index contributed by atoms with van der Waals surface area (Å²) in [5, 5.41) is 2.34. The van der Waals surface area contributed by atoms with Gasteiger partial charge < -0.3 is 0 Å². The van der Waals surface area contributed by atoms with Gasteiger partial charge in [0.15, 0.2) is 10.8 Å². The summed E-state index contributed by atoms with van der Waals surface area (Å²) in [5.41, 5.74) is -0.299. The van der Waals surface area contributed by atoms with Crippen LogP contribution in [0.3, 0.4) is 0 Å². The van der Waals surface area contributed by atoms with E-state index in [1.807, 2.05) is 0 Å². The monoisotopic (exact) mass is 426 g/mol. The van der Waals surface area contributed by atoms with Crippen LogP contribution in [0.4, 0.5) is 18.3 Å². The zero-order chi connectivity index (χ0) is 18.0. The molecule has 0 spiro atoms. The van der Waals surface area contributed by atoms with Crippen molar-refractivity contribution < 1.29 is 18.0 Å². The second kappa shape index (κ2) is 6.97. The van der Waals surface area contributed by atoms with Crippen LogP contribution in [0.25, 0.3) is 10.4 Å². The Balaban J connectivity index is 1.97. The zero-order valence-corrected chi connectivity index (χ0v) is 14.9. The number of alkyl halides is 3. The molecular formula is C17H10BrF3N2OS. The van der Waals surface area contributed by atoms with E-state index in [9.17, 15) is 18.0 Å². The minimum absolute atomic E-state index is 0.0319. The highest BCUT2D eigenvalue weighted by molar-refractivity contribution is 9.10. The fraction of sp³-hybridized carbons (Fsp3) is 0.0588. The molecule has 128 valence electrons. The van der Waals surface area contributed by atoms with Crippen LogP contribution in [0.15, 0.2) is 59.1 Å². The molecule has 0 saturated heterocycles. The molecule has 1 aromatic heterocycles. The Morgan fingerprint density at radius 2 is 1.68 bits per heavy atom. The standard InChI is InChI=1S/C17H10BrF3N2OS/c18-12-9-5-4-8-11(12)15(24)23-16-22-14(17(19,20)21)13(25-16)10-6-2-1-3-7-10/h1-9H,(H,22,23,24). The van der Waals surface area contributed by atoms with Gasteiger partial charge in [0, 0.05) is 4.47 Å². The van der Waals surface area contributed by atoms with Crippen molar-refractivity contribution in [3.63, 3.8) is 0 Å². The number of amides is 1. The van der Waals surface area contributed by atoms with E-state index in [0.29, 0.717) is 15.6 Å². The van der Waals surface area contributed by atoms with Gasteiger partial charge in [0.1, 0.15) is 0 Å².